The molecule has 1 radical (unpaired) electrons. The predicted octanol–water partition coefficient (Wildman–Crippen LogP) is 1.41. The molecule has 0 fully saturated rings. The van der Waals surface area contributed by atoms with Gasteiger partial charge in [0.25, 0.3) is 24.2 Å². The van der Waals surface area contributed by atoms with Gasteiger partial charge in [0.15, 0.2) is 0 Å². The molecule has 0 saturated carbocycles. The fourth-order valence-corrected chi connectivity index (χ4v) is 0.693. The smallest absolute Gasteiger partial charge is 0.298 e. The number of rotatable bonds is 1. The third kappa shape index (κ3) is 0.969. The van der Waals surface area contributed by atoms with E-state index in [-0.39, 0.29) is 11.7 Å². The lowest BCUT2D eigenvalue weighted by atomic mass is 10.5. The van der Waals surface area contributed by atoms with Crippen LogP contribution >= 0.6 is 0 Å². The van der Waals surface area contributed by atoms with Crippen LogP contribution < -0.4 is 0 Å². The second-order valence-electron chi connectivity index (χ2n) is 1.89. The van der Waals surface area contributed by atoms with Crippen molar-refractivity contribution in [1.29, 1.82) is 0 Å². The largest absolute Gasteiger partial charge is 0.424 e. The Kier molecular flexibility index (Phi) is 1.39. The molecule has 0 atom stereocenters. The Labute approximate surface area is 64.8 Å². The maximum atomic E-state index is 12.6. The molecular formula is C6HF2N2O2. The van der Waals surface area contributed by atoms with Crippen molar-refractivity contribution in [2.75, 3.05) is 0 Å². The molecule has 0 amide bonds. The number of nitrogens with zero attached hydrogens (tertiary/aromatic N) is 2. The summed E-state index contributed by atoms with van der Waals surface area (Å²) in [6, 6.07) is -0.916. The van der Waals surface area contributed by atoms with Crippen molar-refractivity contribution in [3.63, 3.8) is 0 Å². The van der Waals surface area contributed by atoms with E-state index in [1.807, 2.05) is 6.39 Å². The maximum Gasteiger partial charge on any atom is 0.298 e. The number of oxazole rings is 2. The molecule has 0 bridgehead atoms. The Hall–Kier alpha value is -1.72. The molecule has 0 aliphatic heterocycles. The first-order valence-corrected chi connectivity index (χ1v) is 2.91. The number of hydrogen-bond donors (Lipinski definition) is 0. The first-order valence-electron chi connectivity index (χ1n) is 2.91. The summed E-state index contributed by atoms with van der Waals surface area (Å²) in [5, 5.41) is 0. The maximum absolute atomic E-state index is 12.6. The zero-order valence-corrected chi connectivity index (χ0v) is 5.54. The highest BCUT2D eigenvalue weighted by molar-refractivity contribution is 5.41. The normalized spacial score (nSPS) is 10.5. The molecular weight excluding hydrogens is 170 g/mol. The van der Waals surface area contributed by atoms with Crippen molar-refractivity contribution in [2.45, 2.75) is 0 Å². The van der Waals surface area contributed by atoms with E-state index in [1.165, 1.54) is 0 Å². The molecule has 0 aliphatic rings. The summed E-state index contributed by atoms with van der Waals surface area (Å²) in [7, 11) is 0. The van der Waals surface area contributed by atoms with Crippen molar-refractivity contribution in [3.8, 4) is 11.7 Å². The van der Waals surface area contributed by atoms with Gasteiger partial charge in [-0.05, 0) is 0 Å². The number of aromatic nitrogens is 2. The van der Waals surface area contributed by atoms with E-state index < -0.39 is 12.0 Å². The molecule has 2 rings (SSSR count). The minimum absolute atomic E-state index is 0.293. The zero-order chi connectivity index (χ0) is 8.55. The van der Waals surface area contributed by atoms with Gasteiger partial charge >= 0.3 is 0 Å². The van der Waals surface area contributed by atoms with Crippen molar-refractivity contribution in [3.05, 3.63) is 24.6 Å². The Bertz CT molecular complexity index is 396. The van der Waals surface area contributed by atoms with Crippen LogP contribution in [0.25, 0.3) is 11.7 Å². The Morgan fingerprint density at radius 3 is 2.75 bits per heavy atom. The summed E-state index contributed by atoms with van der Waals surface area (Å²) in [6.45, 7) is 0. The molecule has 61 valence electrons. The third-order valence-corrected chi connectivity index (χ3v) is 1.15. The topological polar surface area (TPSA) is 52.1 Å². The quantitative estimate of drug-likeness (QED) is 0.650. The van der Waals surface area contributed by atoms with Crippen molar-refractivity contribution in [2.24, 2.45) is 0 Å². The van der Waals surface area contributed by atoms with Crippen LogP contribution in [0.2, 0.25) is 0 Å². The van der Waals surface area contributed by atoms with E-state index in [4.69, 9.17) is 0 Å². The zero-order valence-electron chi connectivity index (χ0n) is 5.54. The highest BCUT2D eigenvalue weighted by Crippen LogP contribution is 2.20. The van der Waals surface area contributed by atoms with Crippen LogP contribution in [0.15, 0.2) is 15.0 Å². The lowest BCUT2D eigenvalue weighted by Crippen LogP contribution is -1.78. The lowest BCUT2D eigenvalue weighted by Gasteiger charge is -1.84. The Morgan fingerprint density at radius 1 is 1.42 bits per heavy atom. The van der Waals surface area contributed by atoms with Gasteiger partial charge in [-0.2, -0.15) is 13.8 Å². The SMILES string of the molecule is Fc1cnc(-c2o[c]nc2F)o1. The highest BCUT2D eigenvalue weighted by Gasteiger charge is 2.16. The fraction of sp³-hybridized carbons (Fsp3) is 0. The monoisotopic (exact) mass is 171 g/mol. The van der Waals surface area contributed by atoms with Gasteiger partial charge < -0.3 is 8.83 Å². The minimum Gasteiger partial charge on any atom is -0.424 e. The van der Waals surface area contributed by atoms with Gasteiger partial charge in [-0.25, -0.2) is 4.98 Å². The summed E-state index contributed by atoms with van der Waals surface area (Å²) in [4.78, 5) is 6.41. The van der Waals surface area contributed by atoms with Crippen LogP contribution in [-0.2, 0) is 0 Å². The van der Waals surface area contributed by atoms with Crippen molar-refractivity contribution >= 4 is 0 Å². The van der Waals surface area contributed by atoms with E-state index in [9.17, 15) is 8.78 Å². The molecule has 0 spiro atoms. The fourth-order valence-electron chi connectivity index (χ4n) is 0.693. The van der Waals surface area contributed by atoms with Crippen LogP contribution in [0.1, 0.15) is 0 Å². The van der Waals surface area contributed by atoms with Gasteiger partial charge in [0.1, 0.15) is 6.20 Å². The van der Waals surface area contributed by atoms with Crippen molar-refractivity contribution < 1.29 is 17.6 Å². The average molecular weight is 171 g/mol. The molecule has 12 heavy (non-hydrogen) atoms. The molecule has 0 saturated heterocycles. The first kappa shape index (κ1) is 6.96. The van der Waals surface area contributed by atoms with Crippen LogP contribution in [0.3, 0.4) is 0 Å². The van der Waals surface area contributed by atoms with E-state index in [2.05, 4.69) is 18.8 Å². The van der Waals surface area contributed by atoms with Gasteiger partial charge in [0.2, 0.25) is 5.76 Å². The first-order chi connectivity index (χ1) is 5.77. The number of hydrogen-bond acceptors (Lipinski definition) is 4. The third-order valence-electron chi connectivity index (χ3n) is 1.15. The number of halogens is 2. The lowest BCUT2D eigenvalue weighted by molar-refractivity contribution is 0.357. The summed E-state index contributed by atoms with van der Waals surface area (Å²) < 4.78 is 33.6. The van der Waals surface area contributed by atoms with Crippen LogP contribution in [0, 0.1) is 18.4 Å². The average Bonchev–Trinajstić information content (AvgIpc) is 2.58. The second kappa shape index (κ2) is 2.40. The highest BCUT2D eigenvalue weighted by atomic mass is 19.1. The molecule has 2 aromatic heterocycles. The summed E-state index contributed by atoms with van der Waals surface area (Å²) in [6.07, 6.45) is 2.69. The molecule has 2 heterocycles. The van der Waals surface area contributed by atoms with E-state index in [0.717, 1.165) is 6.20 Å². The second-order valence-corrected chi connectivity index (χ2v) is 1.89. The van der Waals surface area contributed by atoms with Crippen molar-refractivity contribution in [1.82, 2.24) is 9.97 Å². The molecule has 0 aromatic carbocycles. The van der Waals surface area contributed by atoms with Crippen LogP contribution in [-0.4, -0.2) is 9.97 Å². The summed E-state index contributed by atoms with van der Waals surface area (Å²) in [5.74, 6) is -1.59. The molecule has 0 unspecified atom stereocenters. The minimum atomic E-state index is -0.933. The van der Waals surface area contributed by atoms with Crippen LogP contribution in [0.5, 0.6) is 0 Å². The standard InChI is InChI=1S/C6HF2N2O2/c7-3-1-9-6(12-3)4-5(8)10-2-11-4/h1H. The van der Waals surface area contributed by atoms with E-state index in [1.54, 1.807) is 0 Å². The molecule has 6 heteroatoms. The Balaban J connectivity index is 2.50. The van der Waals surface area contributed by atoms with Gasteiger partial charge in [0, 0.05) is 0 Å². The predicted molar refractivity (Wildman–Crippen MR) is 30.8 cm³/mol. The van der Waals surface area contributed by atoms with E-state index >= 15 is 0 Å². The molecule has 2 aromatic rings. The summed E-state index contributed by atoms with van der Waals surface area (Å²) >= 11 is 0. The van der Waals surface area contributed by atoms with Gasteiger partial charge in [-0.1, -0.05) is 0 Å². The van der Waals surface area contributed by atoms with Gasteiger partial charge in [0.05, 0.1) is 0 Å². The molecule has 0 N–H and O–H groups in total. The van der Waals surface area contributed by atoms with E-state index in [0.29, 0.717) is 0 Å². The van der Waals surface area contributed by atoms with Crippen LogP contribution in [0.4, 0.5) is 8.78 Å². The summed E-state index contributed by atoms with van der Waals surface area (Å²) in [5.41, 5.74) is 0. The molecule has 4 nitrogen and oxygen atoms in total. The van der Waals surface area contributed by atoms with Gasteiger partial charge in [-0.15, -0.1) is 0 Å². The Morgan fingerprint density at radius 2 is 2.25 bits per heavy atom. The molecule has 0 aliphatic carbocycles. The van der Waals surface area contributed by atoms with Gasteiger partial charge in [-0.3, -0.25) is 0 Å².